The summed E-state index contributed by atoms with van der Waals surface area (Å²) in [6.07, 6.45) is 6.67. The van der Waals surface area contributed by atoms with E-state index in [2.05, 4.69) is 29.0 Å². The largest absolute Gasteiger partial charge is 0.276 e. The fourth-order valence-corrected chi connectivity index (χ4v) is 1.52. The number of H-pyrrole nitrogens is 1. The maximum Gasteiger partial charge on any atom is 0.0836 e. The van der Waals surface area contributed by atoms with Crippen molar-refractivity contribution in [1.29, 1.82) is 0 Å². The lowest BCUT2D eigenvalue weighted by Gasteiger charge is -2.04. The van der Waals surface area contributed by atoms with Gasteiger partial charge in [-0.1, -0.05) is 13.8 Å². The zero-order valence-electron chi connectivity index (χ0n) is 7.91. The lowest BCUT2D eigenvalue weighted by molar-refractivity contribution is 0.649. The van der Waals surface area contributed by atoms with Crippen LogP contribution in [-0.4, -0.2) is 15.2 Å². The molecule has 2 rings (SSSR count). The Morgan fingerprint density at radius 2 is 2.15 bits per heavy atom. The van der Waals surface area contributed by atoms with Crippen LogP contribution in [0, 0.1) is 5.92 Å². The highest BCUT2D eigenvalue weighted by atomic mass is 15.1. The summed E-state index contributed by atoms with van der Waals surface area (Å²) in [6.45, 7) is 4.41. The number of aromatic nitrogens is 3. The molecule has 0 aromatic carbocycles. The van der Waals surface area contributed by atoms with E-state index < -0.39 is 0 Å². The summed E-state index contributed by atoms with van der Waals surface area (Å²) in [7, 11) is 0. The van der Waals surface area contributed by atoms with E-state index in [0.29, 0.717) is 5.92 Å². The number of nitrogens with one attached hydrogen (secondary N) is 1. The molecule has 0 atom stereocenters. The lowest BCUT2D eigenvalue weighted by Crippen LogP contribution is -1.95. The molecule has 0 radical (unpaired) electrons. The molecule has 3 nitrogen and oxygen atoms in total. The molecule has 2 aromatic heterocycles. The van der Waals surface area contributed by atoms with E-state index in [9.17, 15) is 0 Å². The lowest BCUT2D eigenvalue weighted by atomic mass is 10.0. The molecule has 0 unspecified atom stereocenters. The third-order valence-electron chi connectivity index (χ3n) is 2.08. The van der Waals surface area contributed by atoms with Crippen molar-refractivity contribution in [3.63, 3.8) is 0 Å². The van der Waals surface area contributed by atoms with Crippen molar-refractivity contribution in [2.75, 3.05) is 0 Å². The van der Waals surface area contributed by atoms with E-state index in [1.807, 2.05) is 18.6 Å². The summed E-state index contributed by atoms with van der Waals surface area (Å²) in [6, 6.07) is 0. The summed E-state index contributed by atoms with van der Waals surface area (Å²) >= 11 is 0. The molecular formula is C10H13N3. The predicted molar refractivity (Wildman–Crippen MR) is 52.4 cm³/mol. The number of hydrogen-bond donors (Lipinski definition) is 1. The van der Waals surface area contributed by atoms with E-state index in [0.717, 1.165) is 11.9 Å². The number of aromatic amines is 1. The van der Waals surface area contributed by atoms with Gasteiger partial charge in [0.25, 0.3) is 0 Å². The number of nitrogens with zero attached hydrogens (tertiary/aromatic N) is 2. The first-order chi connectivity index (χ1) is 6.27. The van der Waals surface area contributed by atoms with Gasteiger partial charge in [-0.05, 0) is 17.9 Å². The molecule has 2 aromatic rings. The molecule has 68 valence electrons. The Balaban J connectivity index is 2.48. The monoisotopic (exact) mass is 175 g/mol. The van der Waals surface area contributed by atoms with E-state index in [1.54, 1.807) is 0 Å². The van der Waals surface area contributed by atoms with E-state index >= 15 is 0 Å². The molecule has 0 aliphatic carbocycles. The highest BCUT2D eigenvalue weighted by Gasteiger charge is 2.04. The van der Waals surface area contributed by atoms with Crippen LogP contribution in [0.25, 0.3) is 10.9 Å². The van der Waals surface area contributed by atoms with Gasteiger partial charge in [0.2, 0.25) is 0 Å². The van der Waals surface area contributed by atoms with Gasteiger partial charge in [0.15, 0.2) is 0 Å². The summed E-state index contributed by atoms with van der Waals surface area (Å²) in [5, 5.41) is 8.12. The normalized spacial score (nSPS) is 11.3. The minimum absolute atomic E-state index is 0.655. The summed E-state index contributed by atoms with van der Waals surface area (Å²) in [5.41, 5.74) is 2.31. The van der Waals surface area contributed by atoms with Crippen LogP contribution >= 0.6 is 0 Å². The van der Waals surface area contributed by atoms with Gasteiger partial charge < -0.3 is 0 Å². The predicted octanol–water partition coefficient (Wildman–Crippen LogP) is 2.16. The van der Waals surface area contributed by atoms with E-state index in [4.69, 9.17) is 0 Å². The molecule has 0 fully saturated rings. The average Bonchev–Trinajstić information content (AvgIpc) is 2.51. The van der Waals surface area contributed by atoms with Crippen molar-refractivity contribution in [3.8, 4) is 0 Å². The van der Waals surface area contributed by atoms with Crippen molar-refractivity contribution in [1.82, 2.24) is 15.2 Å². The standard InChI is InChI=1S/C10H13N3/c1-7(2)3-8-4-11-6-10-9(8)5-12-13-10/h4-7H,3H2,1-2H3,(H,12,13). The fourth-order valence-electron chi connectivity index (χ4n) is 1.52. The Kier molecular flexibility index (Phi) is 2.00. The third kappa shape index (κ3) is 1.54. The van der Waals surface area contributed by atoms with Crippen molar-refractivity contribution >= 4 is 10.9 Å². The molecule has 13 heavy (non-hydrogen) atoms. The zero-order valence-corrected chi connectivity index (χ0v) is 7.91. The van der Waals surface area contributed by atoms with Gasteiger partial charge in [-0.25, -0.2) is 0 Å². The van der Waals surface area contributed by atoms with Crippen molar-refractivity contribution in [2.24, 2.45) is 5.92 Å². The first-order valence-corrected chi connectivity index (χ1v) is 4.53. The van der Waals surface area contributed by atoms with Gasteiger partial charge in [0.05, 0.1) is 17.9 Å². The van der Waals surface area contributed by atoms with Crippen LogP contribution in [0.2, 0.25) is 0 Å². The number of pyridine rings is 1. The van der Waals surface area contributed by atoms with Crippen LogP contribution in [-0.2, 0) is 6.42 Å². The molecule has 0 aliphatic heterocycles. The van der Waals surface area contributed by atoms with Crippen LogP contribution in [0.4, 0.5) is 0 Å². The number of hydrogen-bond acceptors (Lipinski definition) is 2. The quantitative estimate of drug-likeness (QED) is 0.759. The van der Waals surface area contributed by atoms with E-state index in [-0.39, 0.29) is 0 Å². The molecule has 0 spiro atoms. The maximum atomic E-state index is 4.17. The van der Waals surface area contributed by atoms with E-state index in [1.165, 1.54) is 10.9 Å². The van der Waals surface area contributed by atoms with Crippen molar-refractivity contribution in [3.05, 3.63) is 24.2 Å². The second-order valence-electron chi connectivity index (χ2n) is 3.73. The first kappa shape index (κ1) is 8.23. The van der Waals surface area contributed by atoms with Crippen LogP contribution < -0.4 is 0 Å². The average molecular weight is 175 g/mol. The molecule has 3 heteroatoms. The summed E-state index contributed by atoms with van der Waals surface area (Å²) in [4.78, 5) is 4.17. The van der Waals surface area contributed by atoms with Crippen molar-refractivity contribution < 1.29 is 0 Å². The molecule has 2 heterocycles. The van der Waals surface area contributed by atoms with Crippen LogP contribution in [0.5, 0.6) is 0 Å². The van der Waals surface area contributed by atoms with Gasteiger partial charge in [0.1, 0.15) is 0 Å². The minimum Gasteiger partial charge on any atom is -0.276 e. The molecule has 0 saturated carbocycles. The topological polar surface area (TPSA) is 41.6 Å². The van der Waals surface area contributed by atoms with Gasteiger partial charge in [-0.2, -0.15) is 5.10 Å². The van der Waals surface area contributed by atoms with Crippen LogP contribution in [0.15, 0.2) is 18.6 Å². The Labute approximate surface area is 77.2 Å². The Morgan fingerprint density at radius 3 is 2.92 bits per heavy atom. The van der Waals surface area contributed by atoms with Crippen LogP contribution in [0.1, 0.15) is 19.4 Å². The molecule has 1 N–H and O–H groups in total. The highest BCUT2D eigenvalue weighted by molar-refractivity contribution is 5.80. The Hall–Kier alpha value is -1.38. The Morgan fingerprint density at radius 1 is 1.31 bits per heavy atom. The maximum absolute atomic E-state index is 4.17. The van der Waals surface area contributed by atoms with Gasteiger partial charge >= 0.3 is 0 Å². The highest BCUT2D eigenvalue weighted by Crippen LogP contribution is 2.17. The smallest absolute Gasteiger partial charge is 0.0836 e. The molecule has 0 aliphatic rings. The second kappa shape index (κ2) is 3.17. The number of rotatable bonds is 2. The number of fused-ring (bicyclic) bond motifs is 1. The fraction of sp³-hybridized carbons (Fsp3) is 0.400. The van der Waals surface area contributed by atoms with Crippen LogP contribution in [0.3, 0.4) is 0 Å². The van der Waals surface area contributed by atoms with Gasteiger partial charge in [-0.15, -0.1) is 0 Å². The molecular weight excluding hydrogens is 162 g/mol. The molecule has 0 bridgehead atoms. The SMILES string of the molecule is CC(C)Cc1cncc2[nH]ncc12. The summed E-state index contributed by atoms with van der Waals surface area (Å²) in [5.74, 6) is 0.655. The minimum atomic E-state index is 0.655. The molecule has 0 amide bonds. The second-order valence-corrected chi connectivity index (χ2v) is 3.73. The third-order valence-corrected chi connectivity index (χ3v) is 2.08. The Bertz CT molecular complexity index is 403. The first-order valence-electron chi connectivity index (χ1n) is 4.53. The summed E-state index contributed by atoms with van der Waals surface area (Å²) < 4.78 is 0. The molecule has 0 saturated heterocycles. The van der Waals surface area contributed by atoms with Gasteiger partial charge in [0, 0.05) is 11.6 Å². The zero-order chi connectivity index (χ0) is 9.26. The van der Waals surface area contributed by atoms with Crippen molar-refractivity contribution in [2.45, 2.75) is 20.3 Å². The van der Waals surface area contributed by atoms with Gasteiger partial charge in [-0.3, -0.25) is 10.1 Å².